The van der Waals surface area contributed by atoms with E-state index < -0.39 is 0 Å². The molecule has 1 saturated carbocycles. The van der Waals surface area contributed by atoms with E-state index in [-0.39, 0.29) is 0 Å². The second-order valence-electron chi connectivity index (χ2n) is 3.88. The highest BCUT2D eigenvalue weighted by Gasteiger charge is 2.36. The minimum Gasteiger partial charge on any atom is -0.378 e. The van der Waals surface area contributed by atoms with Gasteiger partial charge >= 0.3 is 0 Å². The molecule has 72 valence electrons. The summed E-state index contributed by atoms with van der Waals surface area (Å²) in [5.74, 6) is 7.02. The SMILES string of the molecule is CC#CCN1CCOCC1C1CC1. The number of rotatable bonds is 2. The van der Waals surface area contributed by atoms with Crippen LogP contribution in [0.25, 0.3) is 0 Å². The molecule has 0 spiro atoms. The Morgan fingerprint density at radius 1 is 1.46 bits per heavy atom. The van der Waals surface area contributed by atoms with E-state index in [1.807, 2.05) is 6.92 Å². The molecule has 0 radical (unpaired) electrons. The molecule has 0 aromatic rings. The number of hydrogen-bond donors (Lipinski definition) is 0. The van der Waals surface area contributed by atoms with Crippen LogP contribution in [0.4, 0.5) is 0 Å². The summed E-state index contributed by atoms with van der Waals surface area (Å²) < 4.78 is 5.50. The van der Waals surface area contributed by atoms with Gasteiger partial charge in [-0.25, -0.2) is 0 Å². The molecule has 2 nitrogen and oxygen atoms in total. The van der Waals surface area contributed by atoms with Crippen molar-refractivity contribution in [2.45, 2.75) is 25.8 Å². The molecule has 1 unspecified atom stereocenters. The molecule has 0 bridgehead atoms. The van der Waals surface area contributed by atoms with Gasteiger partial charge in [-0.1, -0.05) is 5.92 Å². The van der Waals surface area contributed by atoms with Crippen molar-refractivity contribution in [3.05, 3.63) is 0 Å². The van der Waals surface area contributed by atoms with Crippen LogP contribution < -0.4 is 0 Å². The predicted octanol–water partition coefficient (Wildman–Crippen LogP) is 1.12. The third-order valence-corrected chi connectivity index (χ3v) is 2.91. The summed E-state index contributed by atoms with van der Waals surface area (Å²) in [4.78, 5) is 2.48. The van der Waals surface area contributed by atoms with Crippen LogP contribution in [0.5, 0.6) is 0 Å². The van der Waals surface area contributed by atoms with Gasteiger partial charge in [0.05, 0.1) is 19.8 Å². The molecule has 0 amide bonds. The van der Waals surface area contributed by atoms with Crippen molar-refractivity contribution in [1.82, 2.24) is 4.90 Å². The van der Waals surface area contributed by atoms with Gasteiger partial charge < -0.3 is 4.74 Å². The lowest BCUT2D eigenvalue weighted by Crippen LogP contribution is -2.46. The molecular formula is C11H17NO. The van der Waals surface area contributed by atoms with Gasteiger partial charge in [0.25, 0.3) is 0 Å². The summed E-state index contributed by atoms with van der Waals surface area (Å²) in [6.07, 6.45) is 2.79. The molecule has 1 heterocycles. The highest BCUT2D eigenvalue weighted by molar-refractivity contribution is 5.01. The Morgan fingerprint density at radius 2 is 2.31 bits per heavy atom. The third kappa shape index (κ3) is 2.24. The Kier molecular flexibility index (Phi) is 2.87. The molecular weight excluding hydrogens is 162 g/mol. The summed E-state index contributed by atoms with van der Waals surface area (Å²) in [5.41, 5.74) is 0. The largest absolute Gasteiger partial charge is 0.378 e. The Morgan fingerprint density at radius 3 is 3.00 bits per heavy atom. The van der Waals surface area contributed by atoms with Crippen molar-refractivity contribution in [2.24, 2.45) is 5.92 Å². The Hall–Kier alpha value is -0.520. The molecule has 2 heteroatoms. The first-order valence-electron chi connectivity index (χ1n) is 5.13. The first-order valence-corrected chi connectivity index (χ1v) is 5.13. The Labute approximate surface area is 80.2 Å². The lowest BCUT2D eigenvalue weighted by atomic mass is 10.1. The zero-order chi connectivity index (χ0) is 9.10. The monoisotopic (exact) mass is 179 g/mol. The number of hydrogen-bond acceptors (Lipinski definition) is 2. The zero-order valence-electron chi connectivity index (χ0n) is 8.25. The van der Waals surface area contributed by atoms with Gasteiger partial charge in [0.15, 0.2) is 0 Å². The van der Waals surface area contributed by atoms with Gasteiger partial charge in [-0.2, -0.15) is 0 Å². The Bertz CT molecular complexity index is 224. The summed E-state index contributed by atoms with van der Waals surface area (Å²) >= 11 is 0. The number of ether oxygens (including phenoxy) is 1. The van der Waals surface area contributed by atoms with Crippen molar-refractivity contribution >= 4 is 0 Å². The highest BCUT2D eigenvalue weighted by Crippen LogP contribution is 2.36. The maximum Gasteiger partial charge on any atom is 0.0625 e. The van der Waals surface area contributed by atoms with Crippen molar-refractivity contribution in [2.75, 3.05) is 26.3 Å². The van der Waals surface area contributed by atoms with Crippen LogP contribution in [0, 0.1) is 17.8 Å². The fraction of sp³-hybridized carbons (Fsp3) is 0.818. The molecule has 0 aromatic heterocycles. The predicted molar refractivity (Wildman–Crippen MR) is 52.4 cm³/mol. The molecule has 0 N–H and O–H groups in total. The molecule has 1 saturated heterocycles. The standard InChI is InChI=1S/C11H17NO/c1-2-3-6-12-7-8-13-9-11(12)10-4-5-10/h10-11H,4-9H2,1H3. The van der Waals surface area contributed by atoms with Crippen LogP contribution in [0.1, 0.15) is 19.8 Å². The molecule has 0 aromatic carbocycles. The molecule has 1 aliphatic carbocycles. The maximum absolute atomic E-state index is 5.50. The third-order valence-electron chi connectivity index (χ3n) is 2.91. The van der Waals surface area contributed by atoms with E-state index in [2.05, 4.69) is 16.7 Å². The van der Waals surface area contributed by atoms with Gasteiger partial charge in [-0.05, 0) is 25.7 Å². The first-order chi connectivity index (χ1) is 6.42. The van der Waals surface area contributed by atoms with Crippen molar-refractivity contribution in [3.63, 3.8) is 0 Å². The minimum absolute atomic E-state index is 0.662. The molecule has 2 aliphatic rings. The number of nitrogens with zero attached hydrogens (tertiary/aromatic N) is 1. The first kappa shape index (κ1) is 9.05. The van der Waals surface area contributed by atoms with Crippen LogP contribution in [0.2, 0.25) is 0 Å². The van der Waals surface area contributed by atoms with Gasteiger partial charge in [-0.3, -0.25) is 4.90 Å². The summed E-state index contributed by atoms with van der Waals surface area (Å²) in [6.45, 7) is 5.72. The summed E-state index contributed by atoms with van der Waals surface area (Å²) in [5, 5.41) is 0. The molecule has 2 rings (SSSR count). The van der Waals surface area contributed by atoms with Crippen molar-refractivity contribution < 1.29 is 4.74 Å². The molecule has 1 aliphatic heterocycles. The quantitative estimate of drug-likeness (QED) is 0.589. The second kappa shape index (κ2) is 4.13. The van der Waals surface area contributed by atoms with Crippen LogP contribution in [0.3, 0.4) is 0 Å². The smallest absolute Gasteiger partial charge is 0.0625 e. The van der Waals surface area contributed by atoms with E-state index in [1.54, 1.807) is 0 Å². The highest BCUT2D eigenvalue weighted by atomic mass is 16.5. The zero-order valence-corrected chi connectivity index (χ0v) is 8.25. The Balaban J connectivity index is 1.90. The van der Waals surface area contributed by atoms with E-state index in [4.69, 9.17) is 4.74 Å². The van der Waals surface area contributed by atoms with Crippen LogP contribution in [-0.2, 0) is 4.74 Å². The normalized spacial score (nSPS) is 29.5. The van der Waals surface area contributed by atoms with Crippen LogP contribution in [0.15, 0.2) is 0 Å². The van der Waals surface area contributed by atoms with E-state index in [9.17, 15) is 0 Å². The molecule has 2 fully saturated rings. The van der Waals surface area contributed by atoms with Crippen LogP contribution >= 0.6 is 0 Å². The lowest BCUT2D eigenvalue weighted by Gasteiger charge is -2.34. The van der Waals surface area contributed by atoms with Gasteiger partial charge in [-0.15, -0.1) is 5.92 Å². The van der Waals surface area contributed by atoms with E-state index in [0.29, 0.717) is 6.04 Å². The summed E-state index contributed by atoms with van der Waals surface area (Å²) in [7, 11) is 0. The molecule has 13 heavy (non-hydrogen) atoms. The molecule has 1 atom stereocenters. The second-order valence-corrected chi connectivity index (χ2v) is 3.88. The fourth-order valence-corrected chi connectivity index (χ4v) is 1.95. The average Bonchev–Trinajstić information content (AvgIpc) is 2.98. The van der Waals surface area contributed by atoms with E-state index >= 15 is 0 Å². The maximum atomic E-state index is 5.50. The lowest BCUT2D eigenvalue weighted by molar-refractivity contribution is -0.00883. The van der Waals surface area contributed by atoms with Gasteiger partial charge in [0.1, 0.15) is 0 Å². The van der Waals surface area contributed by atoms with E-state index in [0.717, 1.165) is 32.2 Å². The van der Waals surface area contributed by atoms with Crippen molar-refractivity contribution in [3.8, 4) is 11.8 Å². The van der Waals surface area contributed by atoms with Gasteiger partial charge in [0, 0.05) is 12.6 Å². The van der Waals surface area contributed by atoms with Crippen LogP contribution in [-0.4, -0.2) is 37.2 Å². The summed E-state index contributed by atoms with van der Waals surface area (Å²) in [6, 6.07) is 0.662. The topological polar surface area (TPSA) is 12.5 Å². The van der Waals surface area contributed by atoms with E-state index in [1.165, 1.54) is 12.8 Å². The minimum atomic E-state index is 0.662. The van der Waals surface area contributed by atoms with Crippen molar-refractivity contribution in [1.29, 1.82) is 0 Å². The average molecular weight is 179 g/mol. The van der Waals surface area contributed by atoms with Gasteiger partial charge in [0.2, 0.25) is 0 Å². The number of morpholine rings is 1. The fourth-order valence-electron chi connectivity index (χ4n) is 1.95.